The fourth-order valence-electron chi connectivity index (χ4n) is 2.64. The SMILES string of the molecule is COC(=O)c1c(S(C)(=O)=O)[nH]c(C(=O)O)c1C1CCOCC1. The molecule has 2 rings (SSSR count). The molecule has 1 fully saturated rings. The Bertz CT molecular complexity index is 698. The second-order valence-corrected chi connectivity index (χ2v) is 7.03. The molecule has 0 saturated carbocycles. The summed E-state index contributed by atoms with van der Waals surface area (Å²) in [5.74, 6) is -2.46. The van der Waals surface area contributed by atoms with Crippen LogP contribution in [0.5, 0.6) is 0 Å². The number of rotatable bonds is 4. The molecule has 0 aromatic carbocycles. The number of esters is 1. The van der Waals surface area contributed by atoms with Gasteiger partial charge in [-0.15, -0.1) is 0 Å². The first-order chi connectivity index (χ1) is 10.3. The standard InChI is InChI=1S/C13H17NO7S/c1-20-13(17)9-8(7-3-5-21-6-4-7)10(12(15)16)14-11(9)22(2,18)19/h7,14H,3-6H2,1-2H3,(H,15,16). The van der Waals surface area contributed by atoms with E-state index in [0.717, 1.165) is 13.4 Å². The maximum atomic E-state index is 12.0. The van der Waals surface area contributed by atoms with Gasteiger partial charge in [0.05, 0.1) is 7.11 Å². The molecule has 2 N–H and O–H groups in total. The molecule has 1 aromatic rings. The second kappa shape index (κ2) is 6.09. The van der Waals surface area contributed by atoms with Crippen LogP contribution in [0, 0.1) is 0 Å². The molecule has 1 aromatic heterocycles. The molecule has 1 aliphatic rings. The van der Waals surface area contributed by atoms with Crippen molar-refractivity contribution in [1.82, 2.24) is 4.98 Å². The van der Waals surface area contributed by atoms with Gasteiger partial charge in [0.1, 0.15) is 16.3 Å². The molecule has 8 nitrogen and oxygen atoms in total. The van der Waals surface area contributed by atoms with E-state index in [1.54, 1.807) is 0 Å². The van der Waals surface area contributed by atoms with Crippen LogP contribution in [0.15, 0.2) is 5.03 Å². The van der Waals surface area contributed by atoms with Crippen LogP contribution in [-0.2, 0) is 19.3 Å². The number of H-pyrrole nitrogens is 1. The third-order valence-electron chi connectivity index (χ3n) is 3.61. The Morgan fingerprint density at radius 3 is 2.36 bits per heavy atom. The number of nitrogens with one attached hydrogen (secondary N) is 1. The van der Waals surface area contributed by atoms with Crippen molar-refractivity contribution in [2.75, 3.05) is 26.6 Å². The molecule has 0 atom stereocenters. The van der Waals surface area contributed by atoms with Crippen LogP contribution in [-0.4, -0.2) is 57.0 Å². The first-order valence-corrected chi connectivity index (χ1v) is 8.51. The lowest BCUT2D eigenvalue weighted by Gasteiger charge is -2.23. The molecule has 22 heavy (non-hydrogen) atoms. The summed E-state index contributed by atoms with van der Waals surface area (Å²) >= 11 is 0. The Hall–Kier alpha value is -1.87. The Balaban J connectivity index is 2.73. The van der Waals surface area contributed by atoms with Gasteiger partial charge in [-0.25, -0.2) is 18.0 Å². The minimum Gasteiger partial charge on any atom is -0.477 e. The van der Waals surface area contributed by atoms with E-state index in [1.807, 2.05) is 0 Å². The second-order valence-electron chi connectivity index (χ2n) is 5.07. The highest BCUT2D eigenvalue weighted by Gasteiger charge is 2.35. The first kappa shape index (κ1) is 16.5. The maximum Gasteiger partial charge on any atom is 0.352 e. The van der Waals surface area contributed by atoms with Gasteiger partial charge in [-0.05, 0) is 18.8 Å². The Morgan fingerprint density at radius 2 is 1.91 bits per heavy atom. The Morgan fingerprint density at radius 1 is 1.32 bits per heavy atom. The Kier molecular flexibility index (Phi) is 4.57. The number of sulfone groups is 1. The van der Waals surface area contributed by atoms with Crippen LogP contribution in [0.3, 0.4) is 0 Å². The van der Waals surface area contributed by atoms with Crippen LogP contribution < -0.4 is 0 Å². The highest BCUT2D eigenvalue weighted by atomic mass is 32.2. The number of carbonyl (C=O) groups excluding carboxylic acids is 1. The van der Waals surface area contributed by atoms with Crippen molar-refractivity contribution in [3.8, 4) is 0 Å². The van der Waals surface area contributed by atoms with E-state index < -0.39 is 26.8 Å². The summed E-state index contributed by atoms with van der Waals surface area (Å²) in [6.07, 6.45) is 1.92. The predicted molar refractivity (Wildman–Crippen MR) is 75.0 cm³/mol. The smallest absolute Gasteiger partial charge is 0.352 e. The van der Waals surface area contributed by atoms with Gasteiger partial charge in [-0.1, -0.05) is 0 Å². The topological polar surface area (TPSA) is 123 Å². The van der Waals surface area contributed by atoms with E-state index in [9.17, 15) is 23.1 Å². The minimum atomic E-state index is -3.81. The summed E-state index contributed by atoms with van der Waals surface area (Å²) in [4.78, 5) is 25.9. The zero-order valence-corrected chi connectivity index (χ0v) is 13.0. The lowest BCUT2D eigenvalue weighted by molar-refractivity contribution is 0.0588. The van der Waals surface area contributed by atoms with Crippen molar-refractivity contribution in [3.05, 3.63) is 16.8 Å². The number of ether oxygens (including phenoxy) is 2. The minimum absolute atomic E-state index is 0.183. The van der Waals surface area contributed by atoms with Crippen LogP contribution >= 0.6 is 0 Å². The van der Waals surface area contributed by atoms with Crippen molar-refractivity contribution in [3.63, 3.8) is 0 Å². The predicted octanol–water partition coefficient (Wildman–Crippen LogP) is 0.797. The number of aromatic amines is 1. The van der Waals surface area contributed by atoms with Gasteiger partial charge in [0.2, 0.25) is 0 Å². The van der Waals surface area contributed by atoms with E-state index in [0.29, 0.717) is 26.1 Å². The largest absolute Gasteiger partial charge is 0.477 e. The van der Waals surface area contributed by atoms with E-state index in [2.05, 4.69) is 9.72 Å². The average Bonchev–Trinajstić information content (AvgIpc) is 2.88. The lowest BCUT2D eigenvalue weighted by atomic mass is 9.89. The number of carboxylic acid groups (broad SMARTS) is 1. The van der Waals surface area contributed by atoms with Gasteiger partial charge in [0, 0.05) is 25.0 Å². The van der Waals surface area contributed by atoms with Crippen LogP contribution in [0.1, 0.15) is 45.2 Å². The van der Waals surface area contributed by atoms with Crippen LogP contribution in [0.4, 0.5) is 0 Å². The zero-order chi connectivity index (χ0) is 16.5. The molecule has 0 aliphatic carbocycles. The Labute approximate surface area is 127 Å². The summed E-state index contributed by atoms with van der Waals surface area (Å²) in [5, 5.41) is 8.93. The maximum absolute atomic E-state index is 12.0. The number of hydrogen-bond donors (Lipinski definition) is 2. The number of methoxy groups -OCH3 is 1. The molecule has 9 heteroatoms. The molecule has 1 aliphatic heterocycles. The van der Waals surface area contributed by atoms with Gasteiger partial charge in [-0.2, -0.15) is 0 Å². The van der Waals surface area contributed by atoms with Gasteiger partial charge in [-0.3, -0.25) is 0 Å². The van der Waals surface area contributed by atoms with Crippen LogP contribution in [0.2, 0.25) is 0 Å². The molecule has 0 unspecified atom stereocenters. The number of hydrogen-bond acceptors (Lipinski definition) is 6. The van der Waals surface area contributed by atoms with Crippen molar-refractivity contribution >= 4 is 21.8 Å². The summed E-state index contributed by atoms with van der Waals surface area (Å²) < 4.78 is 33.7. The first-order valence-electron chi connectivity index (χ1n) is 6.62. The molecule has 2 heterocycles. The van der Waals surface area contributed by atoms with Gasteiger partial charge >= 0.3 is 11.9 Å². The lowest BCUT2D eigenvalue weighted by Crippen LogP contribution is -2.19. The average molecular weight is 331 g/mol. The third-order valence-corrected chi connectivity index (χ3v) is 4.66. The number of aromatic nitrogens is 1. The summed E-state index contributed by atoms with van der Waals surface area (Å²) in [7, 11) is -2.69. The summed E-state index contributed by atoms with van der Waals surface area (Å²) in [5.41, 5.74) is -0.315. The highest BCUT2D eigenvalue weighted by Crippen LogP contribution is 2.36. The van der Waals surface area contributed by atoms with E-state index >= 15 is 0 Å². The molecule has 0 radical (unpaired) electrons. The molecular weight excluding hydrogens is 314 g/mol. The van der Waals surface area contributed by atoms with Gasteiger partial charge < -0.3 is 19.6 Å². The monoisotopic (exact) mass is 331 g/mol. The molecule has 0 spiro atoms. The molecular formula is C13H17NO7S. The molecule has 0 bridgehead atoms. The van der Waals surface area contributed by atoms with E-state index in [4.69, 9.17) is 4.74 Å². The van der Waals surface area contributed by atoms with Gasteiger partial charge in [0.15, 0.2) is 9.84 Å². The van der Waals surface area contributed by atoms with E-state index in [-0.39, 0.29) is 22.7 Å². The molecule has 1 saturated heterocycles. The quantitative estimate of drug-likeness (QED) is 0.782. The van der Waals surface area contributed by atoms with Crippen LogP contribution in [0.25, 0.3) is 0 Å². The van der Waals surface area contributed by atoms with Crippen molar-refractivity contribution < 1.29 is 32.6 Å². The number of carboxylic acids is 1. The van der Waals surface area contributed by atoms with Crippen molar-refractivity contribution in [2.24, 2.45) is 0 Å². The number of aromatic carboxylic acids is 1. The van der Waals surface area contributed by atoms with E-state index in [1.165, 1.54) is 0 Å². The fraction of sp³-hybridized carbons (Fsp3) is 0.538. The fourth-order valence-corrected chi connectivity index (χ4v) is 3.49. The van der Waals surface area contributed by atoms with Crippen molar-refractivity contribution in [1.29, 1.82) is 0 Å². The molecule has 122 valence electrons. The summed E-state index contributed by atoms with van der Waals surface area (Å²) in [6.45, 7) is 0.841. The van der Waals surface area contributed by atoms with Gasteiger partial charge in [0.25, 0.3) is 0 Å². The normalized spacial score (nSPS) is 16.5. The molecule has 0 amide bonds. The van der Waals surface area contributed by atoms with Crippen molar-refractivity contribution in [2.45, 2.75) is 23.8 Å². The highest BCUT2D eigenvalue weighted by molar-refractivity contribution is 7.90. The third kappa shape index (κ3) is 3.00. The zero-order valence-electron chi connectivity index (χ0n) is 12.2. The summed E-state index contributed by atoms with van der Waals surface area (Å²) in [6, 6.07) is 0. The number of carbonyl (C=O) groups is 2.